The molecule has 1 aliphatic rings. The topological polar surface area (TPSA) is 84.5 Å². The van der Waals surface area contributed by atoms with Crippen LogP contribution < -0.4 is 14.8 Å². The van der Waals surface area contributed by atoms with Crippen molar-refractivity contribution in [3.05, 3.63) is 48.0 Å². The van der Waals surface area contributed by atoms with Crippen molar-refractivity contribution in [3.8, 4) is 5.75 Å². The van der Waals surface area contributed by atoms with E-state index in [0.29, 0.717) is 17.1 Å². The second kappa shape index (κ2) is 6.32. The largest absolute Gasteiger partial charge is 0.479 e. The minimum atomic E-state index is -3.73. The smallest absolute Gasteiger partial charge is 0.265 e. The molecule has 0 aliphatic carbocycles. The maximum absolute atomic E-state index is 12.6. The standard InChI is InChI=1S/C19H22N2O4S/c1-12-18(22)20-16-11-14(7-10-17(16)25-12)21-26(23,24)15-8-5-13(6-9-15)19(2,3)4/h5-12,21H,1-4H3,(H,20,22)/t12-/m1/s1. The second-order valence-electron chi connectivity index (χ2n) is 7.34. The molecule has 2 aromatic rings. The van der Waals surface area contributed by atoms with Crippen molar-refractivity contribution < 1.29 is 17.9 Å². The monoisotopic (exact) mass is 374 g/mol. The number of anilines is 2. The summed E-state index contributed by atoms with van der Waals surface area (Å²) < 4.78 is 33.2. The lowest BCUT2D eigenvalue weighted by Gasteiger charge is -2.23. The molecule has 2 aromatic carbocycles. The number of benzene rings is 2. The van der Waals surface area contributed by atoms with Crippen LogP contribution in [0.25, 0.3) is 0 Å². The highest BCUT2D eigenvalue weighted by Gasteiger charge is 2.24. The van der Waals surface area contributed by atoms with Crippen LogP contribution in [0.3, 0.4) is 0 Å². The number of sulfonamides is 1. The molecule has 1 aliphatic heterocycles. The molecule has 0 aromatic heterocycles. The second-order valence-corrected chi connectivity index (χ2v) is 9.02. The molecule has 0 unspecified atom stereocenters. The zero-order valence-corrected chi connectivity index (χ0v) is 16.0. The van der Waals surface area contributed by atoms with Gasteiger partial charge in [-0.3, -0.25) is 9.52 Å². The third-order valence-electron chi connectivity index (χ3n) is 4.19. The van der Waals surface area contributed by atoms with Crippen LogP contribution in [-0.4, -0.2) is 20.4 Å². The van der Waals surface area contributed by atoms with Gasteiger partial charge in [0.2, 0.25) is 0 Å². The molecule has 1 atom stereocenters. The van der Waals surface area contributed by atoms with Crippen LogP contribution in [0.4, 0.5) is 11.4 Å². The van der Waals surface area contributed by atoms with Crippen LogP contribution in [0.1, 0.15) is 33.3 Å². The van der Waals surface area contributed by atoms with Gasteiger partial charge in [-0.2, -0.15) is 0 Å². The maximum Gasteiger partial charge on any atom is 0.265 e. The molecule has 0 radical (unpaired) electrons. The number of rotatable bonds is 3. The number of hydrogen-bond acceptors (Lipinski definition) is 4. The van der Waals surface area contributed by atoms with Gasteiger partial charge in [0.05, 0.1) is 16.3 Å². The molecule has 3 rings (SSSR count). The van der Waals surface area contributed by atoms with Gasteiger partial charge in [-0.1, -0.05) is 32.9 Å². The first-order chi connectivity index (χ1) is 12.1. The fourth-order valence-electron chi connectivity index (χ4n) is 2.62. The summed E-state index contributed by atoms with van der Waals surface area (Å²) in [6.45, 7) is 7.85. The molecule has 0 bridgehead atoms. The van der Waals surface area contributed by atoms with Gasteiger partial charge < -0.3 is 10.1 Å². The van der Waals surface area contributed by atoms with Crippen LogP contribution in [0.15, 0.2) is 47.4 Å². The Bertz CT molecular complexity index is 944. The van der Waals surface area contributed by atoms with Crippen molar-refractivity contribution in [1.82, 2.24) is 0 Å². The zero-order chi connectivity index (χ0) is 19.1. The first-order valence-electron chi connectivity index (χ1n) is 8.31. The quantitative estimate of drug-likeness (QED) is 0.861. The minimum Gasteiger partial charge on any atom is -0.479 e. The number of carbonyl (C=O) groups excluding carboxylic acids is 1. The van der Waals surface area contributed by atoms with Crippen molar-refractivity contribution in [1.29, 1.82) is 0 Å². The lowest BCUT2D eigenvalue weighted by atomic mass is 9.87. The Balaban J connectivity index is 1.84. The van der Waals surface area contributed by atoms with E-state index in [2.05, 4.69) is 30.8 Å². The predicted molar refractivity (Wildman–Crippen MR) is 101 cm³/mol. The first-order valence-corrected chi connectivity index (χ1v) is 9.79. The molecule has 2 N–H and O–H groups in total. The molecule has 138 valence electrons. The molecular formula is C19H22N2O4S. The van der Waals surface area contributed by atoms with Gasteiger partial charge in [0.1, 0.15) is 5.75 Å². The van der Waals surface area contributed by atoms with Crippen LogP contribution in [-0.2, 0) is 20.2 Å². The number of fused-ring (bicyclic) bond motifs is 1. The molecule has 0 saturated carbocycles. The van der Waals surface area contributed by atoms with Gasteiger partial charge >= 0.3 is 0 Å². The summed E-state index contributed by atoms with van der Waals surface area (Å²) in [4.78, 5) is 11.9. The number of ether oxygens (including phenoxy) is 1. The van der Waals surface area contributed by atoms with E-state index < -0.39 is 16.1 Å². The molecule has 7 heteroatoms. The summed E-state index contributed by atoms with van der Waals surface area (Å²) in [5.41, 5.74) is 1.79. The predicted octanol–water partition coefficient (Wildman–Crippen LogP) is 3.50. The summed E-state index contributed by atoms with van der Waals surface area (Å²) in [5.74, 6) is 0.241. The number of nitrogens with one attached hydrogen (secondary N) is 2. The van der Waals surface area contributed by atoms with Gasteiger partial charge in [0, 0.05) is 0 Å². The molecule has 1 amide bonds. The van der Waals surface area contributed by atoms with Gasteiger partial charge in [-0.05, 0) is 48.2 Å². The van der Waals surface area contributed by atoms with E-state index in [1.54, 1.807) is 37.3 Å². The molecule has 26 heavy (non-hydrogen) atoms. The highest BCUT2D eigenvalue weighted by molar-refractivity contribution is 7.92. The highest BCUT2D eigenvalue weighted by atomic mass is 32.2. The molecule has 1 heterocycles. The Morgan fingerprint density at radius 1 is 1.08 bits per heavy atom. The number of carbonyl (C=O) groups is 1. The van der Waals surface area contributed by atoms with Gasteiger partial charge in [0.25, 0.3) is 15.9 Å². The average molecular weight is 374 g/mol. The van der Waals surface area contributed by atoms with Gasteiger partial charge in [-0.25, -0.2) is 8.42 Å². The molecule has 6 nitrogen and oxygen atoms in total. The lowest BCUT2D eigenvalue weighted by Crippen LogP contribution is -2.34. The molecule has 0 fully saturated rings. The Morgan fingerprint density at radius 2 is 1.73 bits per heavy atom. The van der Waals surface area contributed by atoms with E-state index in [9.17, 15) is 13.2 Å². The fourth-order valence-corrected chi connectivity index (χ4v) is 3.67. The van der Waals surface area contributed by atoms with Crippen molar-refractivity contribution in [2.24, 2.45) is 0 Å². The van der Waals surface area contributed by atoms with Crippen LogP contribution >= 0.6 is 0 Å². The van der Waals surface area contributed by atoms with Gasteiger partial charge in [-0.15, -0.1) is 0 Å². The average Bonchev–Trinajstić information content (AvgIpc) is 2.55. The maximum atomic E-state index is 12.6. The van der Waals surface area contributed by atoms with Crippen molar-refractivity contribution in [2.45, 2.75) is 44.1 Å². The Morgan fingerprint density at radius 3 is 2.35 bits per heavy atom. The van der Waals surface area contributed by atoms with Crippen molar-refractivity contribution in [2.75, 3.05) is 10.0 Å². The Kier molecular flexibility index (Phi) is 4.44. The third-order valence-corrected chi connectivity index (χ3v) is 5.59. The summed E-state index contributed by atoms with van der Waals surface area (Å²) in [6, 6.07) is 11.6. The van der Waals surface area contributed by atoms with E-state index in [4.69, 9.17) is 4.74 Å². The lowest BCUT2D eigenvalue weighted by molar-refractivity contribution is -0.122. The van der Waals surface area contributed by atoms with Crippen LogP contribution in [0.2, 0.25) is 0 Å². The van der Waals surface area contributed by atoms with E-state index in [-0.39, 0.29) is 16.2 Å². The van der Waals surface area contributed by atoms with Crippen molar-refractivity contribution in [3.63, 3.8) is 0 Å². The molecule has 0 spiro atoms. The van der Waals surface area contributed by atoms with E-state index in [1.165, 1.54) is 0 Å². The Hall–Kier alpha value is -2.54. The van der Waals surface area contributed by atoms with Gasteiger partial charge in [0.15, 0.2) is 6.10 Å². The third kappa shape index (κ3) is 3.67. The normalized spacial score (nSPS) is 17.1. The van der Waals surface area contributed by atoms with E-state index >= 15 is 0 Å². The summed E-state index contributed by atoms with van der Waals surface area (Å²) in [6.07, 6.45) is -0.577. The summed E-state index contributed by atoms with van der Waals surface area (Å²) in [5, 5.41) is 2.70. The summed E-state index contributed by atoms with van der Waals surface area (Å²) in [7, 11) is -3.73. The Labute approximate surface area is 153 Å². The van der Waals surface area contributed by atoms with Crippen LogP contribution in [0.5, 0.6) is 5.75 Å². The van der Waals surface area contributed by atoms with E-state index in [1.807, 2.05) is 12.1 Å². The summed E-state index contributed by atoms with van der Waals surface area (Å²) >= 11 is 0. The van der Waals surface area contributed by atoms with Crippen LogP contribution in [0, 0.1) is 0 Å². The molecular weight excluding hydrogens is 352 g/mol. The molecule has 0 saturated heterocycles. The highest BCUT2D eigenvalue weighted by Crippen LogP contribution is 2.33. The van der Waals surface area contributed by atoms with Crippen molar-refractivity contribution >= 4 is 27.3 Å². The number of hydrogen-bond donors (Lipinski definition) is 2. The number of amides is 1. The van der Waals surface area contributed by atoms with E-state index in [0.717, 1.165) is 5.56 Å². The zero-order valence-electron chi connectivity index (χ0n) is 15.2. The minimum absolute atomic E-state index is 0.0520. The first kappa shape index (κ1) is 18.3. The SMILES string of the molecule is C[C@H]1Oc2ccc(NS(=O)(=O)c3ccc(C(C)(C)C)cc3)cc2NC1=O. The fraction of sp³-hybridized carbons (Fsp3) is 0.316.